The first-order valence-corrected chi connectivity index (χ1v) is 8.89. The van der Waals surface area contributed by atoms with Crippen LogP contribution in [0.15, 0.2) is 36.0 Å². The molecule has 126 valence electrons. The van der Waals surface area contributed by atoms with E-state index >= 15 is 0 Å². The summed E-state index contributed by atoms with van der Waals surface area (Å²) in [4.78, 5) is 0. The number of aromatic nitrogens is 2. The lowest BCUT2D eigenvalue weighted by Gasteiger charge is -2.36. The van der Waals surface area contributed by atoms with Gasteiger partial charge in [-0.3, -0.25) is 0 Å². The summed E-state index contributed by atoms with van der Waals surface area (Å²) in [7, 11) is 0. The first kappa shape index (κ1) is 15.6. The van der Waals surface area contributed by atoms with Crippen LogP contribution in [-0.4, -0.2) is 22.4 Å². The largest absolute Gasteiger partial charge is 0.313 e. The Bertz CT molecular complexity index is 775. The van der Waals surface area contributed by atoms with Crippen LogP contribution in [0.3, 0.4) is 0 Å². The highest BCUT2D eigenvalue weighted by molar-refractivity contribution is 5.62. The van der Waals surface area contributed by atoms with Gasteiger partial charge in [-0.25, -0.2) is 9.07 Å². The van der Waals surface area contributed by atoms with Crippen LogP contribution >= 0.6 is 0 Å². The van der Waals surface area contributed by atoms with Crippen molar-refractivity contribution >= 4 is 6.08 Å². The summed E-state index contributed by atoms with van der Waals surface area (Å²) in [5, 5.41) is 8.31. The van der Waals surface area contributed by atoms with Gasteiger partial charge in [-0.05, 0) is 68.1 Å². The molecule has 1 N–H and O–H groups in total. The van der Waals surface area contributed by atoms with Gasteiger partial charge in [-0.1, -0.05) is 19.4 Å². The number of hydrogen-bond acceptors (Lipinski definition) is 2. The van der Waals surface area contributed by atoms with Crippen LogP contribution in [0.5, 0.6) is 0 Å². The SMILES string of the molecule is CCCN[C@H]1CCC2=Cc3c(cnn3-c3ccc(F)cc3)C[C@@]21C. The molecule has 3 nitrogen and oxygen atoms in total. The molecule has 0 saturated heterocycles. The Morgan fingerprint density at radius 1 is 1.33 bits per heavy atom. The van der Waals surface area contributed by atoms with Crippen molar-refractivity contribution in [3.63, 3.8) is 0 Å². The van der Waals surface area contributed by atoms with Crippen molar-refractivity contribution in [3.8, 4) is 5.69 Å². The molecule has 2 aromatic rings. The van der Waals surface area contributed by atoms with E-state index in [1.165, 1.54) is 36.1 Å². The molecule has 2 aliphatic carbocycles. The number of fused-ring (bicyclic) bond motifs is 2. The monoisotopic (exact) mass is 325 g/mol. The Morgan fingerprint density at radius 2 is 2.12 bits per heavy atom. The fourth-order valence-corrected chi connectivity index (χ4v) is 4.28. The summed E-state index contributed by atoms with van der Waals surface area (Å²) in [6.45, 7) is 5.68. The number of nitrogens with zero attached hydrogens (tertiary/aromatic N) is 2. The maximum Gasteiger partial charge on any atom is 0.123 e. The molecule has 0 bridgehead atoms. The Labute approximate surface area is 142 Å². The Hall–Kier alpha value is -1.94. The van der Waals surface area contributed by atoms with Gasteiger partial charge in [0.1, 0.15) is 5.82 Å². The molecule has 0 amide bonds. The van der Waals surface area contributed by atoms with Crippen LogP contribution in [-0.2, 0) is 6.42 Å². The second-order valence-corrected chi connectivity index (χ2v) is 7.25. The molecular weight excluding hydrogens is 301 g/mol. The number of benzene rings is 1. The summed E-state index contributed by atoms with van der Waals surface area (Å²) in [5.74, 6) is -0.216. The van der Waals surface area contributed by atoms with Crippen molar-refractivity contribution in [2.45, 2.75) is 45.6 Å². The van der Waals surface area contributed by atoms with Gasteiger partial charge in [0.15, 0.2) is 0 Å². The van der Waals surface area contributed by atoms with E-state index in [1.54, 1.807) is 12.1 Å². The molecule has 4 rings (SSSR count). The van der Waals surface area contributed by atoms with Crippen LogP contribution in [0.4, 0.5) is 4.39 Å². The van der Waals surface area contributed by atoms with Crippen LogP contribution in [0.1, 0.15) is 44.4 Å². The zero-order valence-electron chi connectivity index (χ0n) is 14.3. The molecule has 1 saturated carbocycles. The Balaban J connectivity index is 1.69. The number of rotatable bonds is 4. The van der Waals surface area contributed by atoms with Crippen molar-refractivity contribution in [3.05, 3.63) is 53.1 Å². The van der Waals surface area contributed by atoms with E-state index < -0.39 is 0 Å². The topological polar surface area (TPSA) is 29.9 Å². The first-order chi connectivity index (χ1) is 11.6. The van der Waals surface area contributed by atoms with E-state index in [9.17, 15) is 4.39 Å². The molecule has 0 unspecified atom stereocenters. The van der Waals surface area contributed by atoms with E-state index in [0.717, 1.165) is 30.8 Å². The third-order valence-electron chi connectivity index (χ3n) is 5.67. The van der Waals surface area contributed by atoms with Gasteiger partial charge in [-0.2, -0.15) is 5.10 Å². The van der Waals surface area contributed by atoms with Gasteiger partial charge in [0, 0.05) is 11.5 Å². The van der Waals surface area contributed by atoms with E-state index in [4.69, 9.17) is 0 Å². The van der Waals surface area contributed by atoms with Crippen molar-refractivity contribution in [1.29, 1.82) is 0 Å². The van der Waals surface area contributed by atoms with Gasteiger partial charge in [0.05, 0.1) is 17.6 Å². The maximum absolute atomic E-state index is 13.2. The maximum atomic E-state index is 13.2. The average molecular weight is 325 g/mol. The minimum atomic E-state index is -0.216. The zero-order chi connectivity index (χ0) is 16.7. The molecule has 4 heteroatoms. The summed E-state index contributed by atoms with van der Waals surface area (Å²) in [6.07, 6.45) is 8.84. The Morgan fingerprint density at radius 3 is 2.88 bits per heavy atom. The standard InChI is InChI=1S/C20H24FN3/c1-3-10-22-19-9-4-15-11-18-14(12-20(15,19)2)13-23-24(18)17-7-5-16(21)6-8-17/h5-8,11,13,19,22H,3-4,9-10,12H2,1-2H3/t19-,20-/m0/s1. The third kappa shape index (κ3) is 2.40. The van der Waals surface area contributed by atoms with E-state index in [0.29, 0.717) is 6.04 Å². The minimum Gasteiger partial charge on any atom is -0.313 e. The van der Waals surface area contributed by atoms with Crippen molar-refractivity contribution in [2.75, 3.05) is 6.54 Å². The van der Waals surface area contributed by atoms with Crippen molar-refractivity contribution in [1.82, 2.24) is 15.1 Å². The van der Waals surface area contributed by atoms with Crippen LogP contribution < -0.4 is 5.32 Å². The summed E-state index contributed by atoms with van der Waals surface area (Å²) < 4.78 is 15.1. The summed E-state index contributed by atoms with van der Waals surface area (Å²) in [5.41, 5.74) is 5.07. The zero-order valence-corrected chi connectivity index (χ0v) is 14.3. The van der Waals surface area contributed by atoms with Gasteiger partial charge in [0.25, 0.3) is 0 Å². The average Bonchev–Trinajstić information content (AvgIpc) is 3.11. The summed E-state index contributed by atoms with van der Waals surface area (Å²) in [6, 6.07) is 7.10. The number of halogens is 1. The van der Waals surface area contributed by atoms with Crippen LogP contribution in [0, 0.1) is 11.2 Å². The predicted octanol–water partition coefficient (Wildman–Crippen LogP) is 4.12. The normalized spacial score (nSPS) is 25.3. The molecule has 1 heterocycles. The van der Waals surface area contributed by atoms with E-state index in [1.807, 2.05) is 10.9 Å². The molecule has 0 aliphatic heterocycles. The molecule has 0 radical (unpaired) electrons. The molecule has 1 fully saturated rings. The van der Waals surface area contributed by atoms with E-state index in [-0.39, 0.29) is 11.2 Å². The first-order valence-electron chi connectivity index (χ1n) is 8.89. The second-order valence-electron chi connectivity index (χ2n) is 7.25. The van der Waals surface area contributed by atoms with Crippen LogP contribution in [0.25, 0.3) is 11.8 Å². The van der Waals surface area contributed by atoms with Gasteiger partial charge in [0.2, 0.25) is 0 Å². The molecule has 1 aromatic carbocycles. The van der Waals surface area contributed by atoms with E-state index in [2.05, 4.69) is 30.3 Å². The Kier molecular flexibility index (Phi) is 3.80. The fourth-order valence-electron chi connectivity index (χ4n) is 4.28. The minimum absolute atomic E-state index is 0.193. The lowest BCUT2D eigenvalue weighted by atomic mass is 9.73. The lowest BCUT2D eigenvalue weighted by Crippen LogP contribution is -2.42. The molecule has 24 heavy (non-hydrogen) atoms. The molecular formula is C20H24FN3. The molecule has 2 aliphatic rings. The lowest BCUT2D eigenvalue weighted by molar-refractivity contribution is 0.296. The third-order valence-corrected chi connectivity index (χ3v) is 5.67. The molecule has 0 spiro atoms. The van der Waals surface area contributed by atoms with Gasteiger partial charge in [-0.15, -0.1) is 0 Å². The highest BCUT2D eigenvalue weighted by atomic mass is 19.1. The predicted molar refractivity (Wildman–Crippen MR) is 94.6 cm³/mol. The van der Waals surface area contributed by atoms with Crippen molar-refractivity contribution < 1.29 is 4.39 Å². The smallest absolute Gasteiger partial charge is 0.123 e. The second kappa shape index (κ2) is 5.85. The highest BCUT2D eigenvalue weighted by Gasteiger charge is 2.45. The quantitative estimate of drug-likeness (QED) is 0.916. The highest BCUT2D eigenvalue weighted by Crippen LogP contribution is 2.49. The molecule has 2 atom stereocenters. The fraction of sp³-hybridized carbons (Fsp3) is 0.450. The van der Waals surface area contributed by atoms with Gasteiger partial charge < -0.3 is 5.32 Å². The molecule has 1 aromatic heterocycles. The number of hydrogen-bond donors (Lipinski definition) is 1. The van der Waals surface area contributed by atoms with Crippen molar-refractivity contribution in [2.24, 2.45) is 5.41 Å². The number of nitrogens with one attached hydrogen (secondary N) is 1. The van der Waals surface area contributed by atoms with Crippen LogP contribution in [0.2, 0.25) is 0 Å². The van der Waals surface area contributed by atoms with Gasteiger partial charge >= 0.3 is 0 Å². The summed E-state index contributed by atoms with van der Waals surface area (Å²) >= 11 is 0.